The minimum absolute atomic E-state index is 0.593. The van der Waals surface area contributed by atoms with E-state index >= 15 is 0 Å². The molecule has 0 aromatic carbocycles. The van der Waals surface area contributed by atoms with E-state index in [0.717, 1.165) is 5.92 Å². The fraction of sp³-hybridized carbons (Fsp3) is 1.00. The SMILES string of the molecule is CCCCCCCCCCCCC(C)(CCCC)C(C)C. The van der Waals surface area contributed by atoms with E-state index in [0.29, 0.717) is 5.41 Å². The highest BCUT2D eigenvalue weighted by atomic mass is 14.3. The molecule has 0 aliphatic heterocycles. The minimum Gasteiger partial charge on any atom is -0.0654 e. The smallest absolute Gasteiger partial charge is 0.0303 e. The lowest BCUT2D eigenvalue weighted by Gasteiger charge is -2.34. The Morgan fingerprint density at radius 3 is 1.38 bits per heavy atom. The molecule has 0 heterocycles. The molecule has 0 fully saturated rings. The van der Waals surface area contributed by atoms with E-state index in [1.807, 2.05) is 0 Å². The maximum absolute atomic E-state index is 2.53. The Bertz CT molecular complexity index is 206. The molecule has 0 saturated carbocycles. The van der Waals surface area contributed by atoms with Gasteiger partial charge in [0.1, 0.15) is 0 Å². The third kappa shape index (κ3) is 11.2. The summed E-state index contributed by atoms with van der Waals surface area (Å²) in [5.74, 6) is 0.836. The van der Waals surface area contributed by atoms with Gasteiger partial charge in [0.2, 0.25) is 0 Å². The molecule has 0 heteroatoms. The lowest BCUT2D eigenvalue weighted by atomic mass is 9.71. The molecule has 0 bridgehead atoms. The van der Waals surface area contributed by atoms with Crippen LogP contribution >= 0.6 is 0 Å². The molecule has 0 N–H and O–H groups in total. The predicted octanol–water partition coefficient (Wildman–Crippen LogP) is 8.15. The number of hydrogen-bond donors (Lipinski definition) is 0. The van der Waals surface area contributed by atoms with E-state index in [4.69, 9.17) is 0 Å². The quantitative estimate of drug-likeness (QED) is 0.267. The van der Waals surface area contributed by atoms with Crippen molar-refractivity contribution < 1.29 is 0 Å². The highest BCUT2D eigenvalue weighted by Gasteiger charge is 2.26. The van der Waals surface area contributed by atoms with Gasteiger partial charge in [-0.05, 0) is 24.2 Å². The lowest BCUT2D eigenvalue weighted by Crippen LogP contribution is -2.23. The first-order chi connectivity index (χ1) is 10.1. The molecule has 0 aromatic heterocycles. The number of rotatable bonds is 15. The maximum atomic E-state index is 2.53. The van der Waals surface area contributed by atoms with E-state index < -0.39 is 0 Å². The van der Waals surface area contributed by atoms with Crippen LogP contribution in [0.15, 0.2) is 0 Å². The summed E-state index contributed by atoms with van der Waals surface area (Å²) in [5, 5.41) is 0. The van der Waals surface area contributed by atoms with Gasteiger partial charge in [-0.25, -0.2) is 0 Å². The first-order valence-corrected chi connectivity index (χ1v) is 10.1. The summed E-state index contributed by atoms with van der Waals surface area (Å²) in [6.45, 7) is 12.0. The van der Waals surface area contributed by atoms with Crippen LogP contribution in [-0.4, -0.2) is 0 Å². The topological polar surface area (TPSA) is 0 Å². The molecule has 0 rings (SSSR count). The van der Waals surface area contributed by atoms with E-state index in [2.05, 4.69) is 34.6 Å². The summed E-state index contributed by atoms with van der Waals surface area (Å²) in [4.78, 5) is 0. The average molecular weight is 297 g/mol. The third-order valence-corrected chi connectivity index (χ3v) is 5.60. The van der Waals surface area contributed by atoms with Gasteiger partial charge >= 0.3 is 0 Å². The summed E-state index contributed by atoms with van der Waals surface area (Å²) in [5.41, 5.74) is 0.593. The van der Waals surface area contributed by atoms with Gasteiger partial charge in [-0.1, -0.05) is 112 Å². The van der Waals surface area contributed by atoms with Crippen LogP contribution in [0.4, 0.5) is 0 Å². The van der Waals surface area contributed by atoms with Gasteiger partial charge in [-0.2, -0.15) is 0 Å². The predicted molar refractivity (Wildman–Crippen MR) is 98.9 cm³/mol. The van der Waals surface area contributed by atoms with Crippen LogP contribution in [0.25, 0.3) is 0 Å². The fourth-order valence-corrected chi connectivity index (χ4v) is 3.30. The summed E-state index contributed by atoms with van der Waals surface area (Å²) in [7, 11) is 0. The van der Waals surface area contributed by atoms with E-state index in [1.165, 1.54) is 89.9 Å². The second-order valence-electron chi connectivity index (χ2n) is 7.84. The van der Waals surface area contributed by atoms with Crippen LogP contribution in [0.5, 0.6) is 0 Å². The standard InChI is InChI=1S/C21H44/c1-6-8-10-11-12-13-14-15-16-17-19-21(5,20(3)4)18-9-7-2/h20H,6-19H2,1-5H3. The second kappa shape index (κ2) is 13.6. The lowest BCUT2D eigenvalue weighted by molar-refractivity contribution is 0.170. The zero-order valence-corrected chi connectivity index (χ0v) is 16.0. The molecule has 128 valence electrons. The zero-order chi connectivity index (χ0) is 16.0. The molecule has 0 aliphatic carbocycles. The fourth-order valence-electron chi connectivity index (χ4n) is 3.30. The van der Waals surface area contributed by atoms with Crippen molar-refractivity contribution in [2.75, 3.05) is 0 Å². The van der Waals surface area contributed by atoms with Gasteiger partial charge in [0.15, 0.2) is 0 Å². The first-order valence-electron chi connectivity index (χ1n) is 10.1. The molecular weight excluding hydrogens is 252 g/mol. The van der Waals surface area contributed by atoms with Gasteiger partial charge in [0.25, 0.3) is 0 Å². The highest BCUT2D eigenvalue weighted by Crippen LogP contribution is 2.38. The minimum atomic E-state index is 0.593. The largest absolute Gasteiger partial charge is 0.0654 e. The molecule has 0 amide bonds. The average Bonchev–Trinajstić information content (AvgIpc) is 2.47. The van der Waals surface area contributed by atoms with Crippen molar-refractivity contribution >= 4 is 0 Å². The summed E-state index contributed by atoms with van der Waals surface area (Å²) >= 11 is 0. The molecule has 0 spiro atoms. The maximum Gasteiger partial charge on any atom is -0.0303 e. The highest BCUT2D eigenvalue weighted by molar-refractivity contribution is 4.77. The first kappa shape index (κ1) is 21.0. The van der Waals surface area contributed by atoms with Crippen molar-refractivity contribution in [2.24, 2.45) is 11.3 Å². The molecule has 1 atom stereocenters. The van der Waals surface area contributed by atoms with Crippen molar-refractivity contribution in [3.63, 3.8) is 0 Å². The van der Waals surface area contributed by atoms with Crippen molar-refractivity contribution in [2.45, 2.75) is 125 Å². The Morgan fingerprint density at radius 1 is 0.571 bits per heavy atom. The number of hydrogen-bond acceptors (Lipinski definition) is 0. The van der Waals surface area contributed by atoms with E-state index in [9.17, 15) is 0 Å². The van der Waals surface area contributed by atoms with Crippen LogP contribution in [0.1, 0.15) is 125 Å². The zero-order valence-electron chi connectivity index (χ0n) is 16.0. The third-order valence-electron chi connectivity index (χ3n) is 5.60. The monoisotopic (exact) mass is 296 g/mol. The van der Waals surface area contributed by atoms with Crippen molar-refractivity contribution in [1.82, 2.24) is 0 Å². The molecular formula is C21H44. The van der Waals surface area contributed by atoms with Gasteiger partial charge in [-0.3, -0.25) is 0 Å². The Hall–Kier alpha value is 0. The van der Waals surface area contributed by atoms with Crippen LogP contribution < -0.4 is 0 Å². The molecule has 0 aliphatic rings. The van der Waals surface area contributed by atoms with Crippen LogP contribution in [0, 0.1) is 11.3 Å². The summed E-state index contributed by atoms with van der Waals surface area (Å²) in [6, 6.07) is 0. The second-order valence-corrected chi connectivity index (χ2v) is 7.84. The van der Waals surface area contributed by atoms with E-state index in [-0.39, 0.29) is 0 Å². The van der Waals surface area contributed by atoms with Crippen LogP contribution in [0.3, 0.4) is 0 Å². The molecule has 0 radical (unpaired) electrons. The Kier molecular flexibility index (Phi) is 13.6. The summed E-state index contributed by atoms with van der Waals surface area (Å²) < 4.78 is 0. The van der Waals surface area contributed by atoms with Gasteiger partial charge in [-0.15, -0.1) is 0 Å². The van der Waals surface area contributed by atoms with Crippen LogP contribution in [0.2, 0.25) is 0 Å². The molecule has 1 unspecified atom stereocenters. The van der Waals surface area contributed by atoms with Crippen molar-refractivity contribution in [3.8, 4) is 0 Å². The van der Waals surface area contributed by atoms with Crippen molar-refractivity contribution in [1.29, 1.82) is 0 Å². The molecule has 0 saturated heterocycles. The normalized spacial score (nSPS) is 14.6. The molecule has 21 heavy (non-hydrogen) atoms. The molecule has 0 aromatic rings. The van der Waals surface area contributed by atoms with Crippen molar-refractivity contribution in [3.05, 3.63) is 0 Å². The van der Waals surface area contributed by atoms with Gasteiger partial charge < -0.3 is 0 Å². The van der Waals surface area contributed by atoms with E-state index in [1.54, 1.807) is 0 Å². The summed E-state index contributed by atoms with van der Waals surface area (Å²) in [6.07, 6.45) is 20.2. The Balaban J connectivity index is 3.54. The Morgan fingerprint density at radius 2 is 0.952 bits per heavy atom. The van der Waals surface area contributed by atoms with Gasteiger partial charge in [0, 0.05) is 0 Å². The Labute approximate surface area is 136 Å². The van der Waals surface area contributed by atoms with Gasteiger partial charge in [0.05, 0.1) is 0 Å². The molecule has 0 nitrogen and oxygen atoms in total. The van der Waals surface area contributed by atoms with Crippen LogP contribution in [-0.2, 0) is 0 Å². The number of unbranched alkanes of at least 4 members (excludes halogenated alkanes) is 10.